The van der Waals surface area contributed by atoms with E-state index in [1.807, 2.05) is 11.6 Å². The molecule has 2 atom stereocenters. The first kappa shape index (κ1) is 22.9. The highest BCUT2D eigenvalue weighted by Crippen LogP contribution is 2.37. The molecule has 0 radical (unpaired) electrons. The number of carbonyl (C=O) groups is 2. The van der Waals surface area contributed by atoms with Gasteiger partial charge in [-0.1, -0.05) is 6.92 Å². The Morgan fingerprint density at radius 1 is 1.43 bits per heavy atom. The van der Waals surface area contributed by atoms with Crippen LogP contribution in [-0.2, 0) is 40.0 Å². The van der Waals surface area contributed by atoms with Gasteiger partial charge in [0.15, 0.2) is 0 Å². The lowest BCUT2D eigenvalue weighted by molar-refractivity contribution is -0.137. The highest BCUT2D eigenvalue weighted by molar-refractivity contribution is 7.80. The number of nitrogens with one attached hydrogen (secondary N) is 1. The van der Waals surface area contributed by atoms with Gasteiger partial charge in [-0.15, -0.1) is 0 Å². The van der Waals surface area contributed by atoms with E-state index in [0.29, 0.717) is 44.7 Å². The Labute approximate surface area is 178 Å². The molecule has 0 aliphatic carbocycles. The van der Waals surface area contributed by atoms with E-state index in [9.17, 15) is 18.4 Å². The molecule has 1 amide bonds. The third-order valence-electron chi connectivity index (χ3n) is 6.42. The summed E-state index contributed by atoms with van der Waals surface area (Å²) in [6.45, 7) is 5.80. The number of hydrogen-bond acceptors (Lipinski definition) is 6. The van der Waals surface area contributed by atoms with Gasteiger partial charge in [-0.2, -0.15) is 5.10 Å². The highest BCUT2D eigenvalue weighted by atomic mass is 32.2. The molecule has 3 rings (SSSR count). The van der Waals surface area contributed by atoms with E-state index in [4.69, 9.17) is 9.84 Å². The van der Waals surface area contributed by atoms with Gasteiger partial charge in [0, 0.05) is 31.1 Å². The second-order valence-corrected chi connectivity index (χ2v) is 10.1. The molecular weight excluding hydrogens is 410 g/mol. The van der Waals surface area contributed by atoms with Crippen LogP contribution in [0.5, 0.6) is 0 Å². The van der Waals surface area contributed by atoms with Gasteiger partial charge >= 0.3 is 5.97 Å². The van der Waals surface area contributed by atoms with Gasteiger partial charge in [-0.25, -0.2) is 0 Å². The van der Waals surface area contributed by atoms with Gasteiger partial charge in [-0.3, -0.25) is 18.5 Å². The van der Waals surface area contributed by atoms with Crippen LogP contribution in [0.3, 0.4) is 0 Å². The van der Waals surface area contributed by atoms with Crippen molar-refractivity contribution in [2.24, 2.45) is 5.41 Å². The summed E-state index contributed by atoms with van der Waals surface area (Å²) in [4.78, 5) is 23.9. The summed E-state index contributed by atoms with van der Waals surface area (Å²) < 4.78 is 29.3. The molecule has 2 aliphatic rings. The minimum absolute atomic E-state index is 0.0592. The van der Waals surface area contributed by atoms with Crippen molar-refractivity contribution in [3.05, 3.63) is 17.0 Å². The first-order chi connectivity index (χ1) is 14.2. The lowest BCUT2D eigenvalue weighted by Gasteiger charge is -2.36. The van der Waals surface area contributed by atoms with Crippen molar-refractivity contribution in [2.75, 3.05) is 19.8 Å². The van der Waals surface area contributed by atoms with Crippen molar-refractivity contribution in [1.82, 2.24) is 15.1 Å². The van der Waals surface area contributed by atoms with Gasteiger partial charge < -0.3 is 19.7 Å². The summed E-state index contributed by atoms with van der Waals surface area (Å²) in [6, 6.07) is 0. The van der Waals surface area contributed by atoms with Crippen LogP contribution in [-0.4, -0.2) is 60.0 Å². The number of aryl methyl sites for hydroxylation is 2. The smallest absolute Gasteiger partial charge is 0.304 e. The van der Waals surface area contributed by atoms with Crippen LogP contribution in [0, 0.1) is 5.41 Å². The lowest BCUT2D eigenvalue weighted by Crippen LogP contribution is -2.40. The van der Waals surface area contributed by atoms with Gasteiger partial charge in [0.1, 0.15) is 0 Å². The predicted octanol–water partition coefficient (Wildman–Crippen LogP) is 1.42. The standard InChI is InChI=1S/C20H31N3O6S/c1-3-14-17-15(11-20(13-21-18(17)26)6-9-29-10-7-20)23(22-14)8-4-5-19(2,30(27)28)12-16(24)25/h3-13H2,1-2H3,(H,21,26)(H,24,25)(H,27,28)/p-1. The molecule has 2 N–H and O–H groups in total. The number of amides is 1. The third kappa shape index (κ3) is 4.76. The average Bonchev–Trinajstić information content (AvgIpc) is 2.96. The second kappa shape index (κ2) is 9.15. The molecule has 10 heteroatoms. The number of carbonyl (C=O) groups excluding carboxylic acids is 1. The van der Waals surface area contributed by atoms with Crippen molar-refractivity contribution in [3.63, 3.8) is 0 Å². The Morgan fingerprint density at radius 2 is 2.13 bits per heavy atom. The van der Waals surface area contributed by atoms with Crippen LogP contribution in [0.25, 0.3) is 0 Å². The van der Waals surface area contributed by atoms with E-state index in [0.717, 1.165) is 30.7 Å². The summed E-state index contributed by atoms with van der Waals surface area (Å²) in [7, 11) is 0. The van der Waals surface area contributed by atoms with Crippen molar-refractivity contribution in [1.29, 1.82) is 0 Å². The van der Waals surface area contributed by atoms with Crippen molar-refractivity contribution < 1.29 is 28.2 Å². The summed E-state index contributed by atoms with van der Waals surface area (Å²) in [5, 5.41) is 16.8. The molecule has 30 heavy (non-hydrogen) atoms. The molecule has 2 unspecified atom stereocenters. The first-order valence-electron chi connectivity index (χ1n) is 10.5. The molecule has 1 saturated heterocycles. The summed E-state index contributed by atoms with van der Waals surface area (Å²) in [5.74, 6) is -1.24. The lowest BCUT2D eigenvalue weighted by atomic mass is 9.76. The number of carboxylic acid groups (broad SMARTS) is 1. The van der Waals surface area contributed by atoms with E-state index >= 15 is 0 Å². The van der Waals surface area contributed by atoms with Gasteiger partial charge in [0.2, 0.25) is 0 Å². The fourth-order valence-electron chi connectivity index (χ4n) is 4.51. The van der Waals surface area contributed by atoms with Crippen molar-refractivity contribution in [2.45, 2.75) is 70.1 Å². The van der Waals surface area contributed by atoms with Crippen molar-refractivity contribution in [3.8, 4) is 0 Å². The van der Waals surface area contributed by atoms with Gasteiger partial charge in [-0.05, 0) is 61.9 Å². The summed E-state index contributed by atoms with van der Waals surface area (Å²) >= 11 is -2.50. The number of carboxylic acids is 1. The minimum Gasteiger partial charge on any atom is -0.772 e. The molecule has 3 heterocycles. The fourth-order valence-corrected chi connectivity index (χ4v) is 5.06. The van der Waals surface area contributed by atoms with E-state index in [1.165, 1.54) is 6.92 Å². The molecule has 1 fully saturated rings. The molecule has 9 nitrogen and oxygen atoms in total. The van der Waals surface area contributed by atoms with E-state index in [-0.39, 0.29) is 17.7 Å². The Kier molecular flexibility index (Phi) is 6.98. The Bertz CT molecular complexity index is 833. The predicted molar refractivity (Wildman–Crippen MR) is 109 cm³/mol. The molecule has 1 spiro atoms. The van der Waals surface area contributed by atoms with Crippen LogP contribution in [0.4, 0.5) is 0 Å². The maximum Gasteiger partial charge on any atom is 0.304 e. The van der Waals surface area contributed by atoms with Gasteiger partial charge in [0.25, 0.3) is 5.91 Å². The maximum absolute atomic E-state index is 12.8. The number of aromatic nitrogens is 2. The second-order valence-electron chi connectivity index (χ2n) is 8.68. The van der Waals surface area contributed by atoms with Crippen molar-refractivity contribution >= 4 is 23.0 Å². The SMILES string of the molecule is CCc1nn(CCCC(C)(CC(=O)O)S(=O)[O-])c2c1C(=O)NCC1(CCOCC1)C2. The topological polar surface area (TPSA) is 134 Å². The van der Waals surface area contributed by atoms with Crippen LogP contribution in [0.2, 0.25) is 0 Å². The minimum atomic E-state index is -2.50. The van der Waals surface area contributed by atoms with Crippen LogP contribution >= 0.6 is 0 Å². The highest BCUT2D eigenvalue weighted by Gasteiger charge is 2.39. The monoisotopic (exact) mass is 440 g/mol. The number of nitrogens with zero attached hydrogens (tertiary/aromatic N) is 2. The Hall–Kier alpha value is -1.78. The Morgan fingerprint density at radius 3 is 2.73 bits per heavy atom. The molecular formula is C20H30N3O6S-. The molecule has 1 aromatic heterocycles. The fraction of sp³-hybridized carbons (Fsp3) is 0.750. The van der Waals surface area contributed by atoms with E-state index in [2.05, 4.69) is 10.4 Å². The van der Waals surface area contributed by atoms with Crippen LogP contribution in [0.1, 0.15) is 67.7 Å². The number of ether oxygens (including phenoxy) is 1. The maximum atomic E-state index is 12.8. The van der Waals surface area contributed by atoms with Crippen LogP contribution in [0.15, 0.2) is 0 Å². The Balaban J connectivity index is 1.83. The zero-order valence-electron chi connectivity index (χ0n) is 17.6. The zero-order valence-corrected chi connectivity index (χ0v) is 18.4. The van der Waals surface area contributed by atoms with Crippen LogP contribution < -0.4 is 5.32 Å². The van der Waals surface area contributed by atoms with Gasteiger partial charge in [0.05, 0.1) is 23.4 Å². The molecule has 0 bridgehead atoms. The first-order valence-corrected chi connectivity index (χ1v) is 11.5. The third-order valence-corrected chi connectivity index (χ3v) is 7.57. The number of hydrogen-bond donors (Lipinski definition) is 2. The summed E-state index contributed by atoms with van der Waals surface area (Å²) in [5.41, 5.74) is 2.22. The normalized spacial score (nSPS) is 21.4. The van der Waals surface area contributed by atoms with E-state index < -0.39 is 28.2 Å². The number of fused-ring (bicyclic) bond motifs is 1. The quantitative estimate of drug-likeness (QED) is 0.584. The molecule has 168 valence electrons. The largest absolute Gasteiger partial charge is 0.772 e. The average molecular weight is 441 g/mol. The number of rotatable bonds is 8. The molecule has 0 aromatic carbocycles. The number of aliphatic carboxylic acids is 1. The molecule has 2 aliphatic heterocycles. The van der Waals surface area contributed by atoms with E-state index in [1.54, 1.807) is 0 Å². The summed E-state index contributed by atoms with van der Waals surface area (Å²) in [6.07, 6.45) is 3.30. The zero-order chi connectivity index (χ0) is 21.9. The molecule has 0 saturated carbocycles. The molecule has 1 aromatic rings.